The highest BCUT2D eigenvalue weighted by Gasteiger charge is 1.98. The van der Waals surface area contributed by atoms with Crippen molar-refractivity contribution in [2.24, 2.45) is 0 Å². The zero-order valence-electron chi connectivity index (χ0n) is 13.8. The van der Waals surface area contributed by atoms with Gasteiger partial charge in [-0.25, -0.2) is 0 Å². The van der Waals surface area contributed by atoms with Gasteiger partial charge in [0.1, 0.15) is 0 Å². The second-order valence-electron chi connectivity index (χ2n) is 5.57. The van der Waals surface area contributed by atoms with Gasteiger partial charge < -0.3 is 21.7 Å². The summed E-state index contributed by atoms with van der Waals surface area (Å²) in [6, 6.07) is 0. The van der Waals surface area contributed by atoms with E-state index in [2.05, 4.69) is 5.32 Å². The average Bonchev–Trinajstić information content (AvgIpc) is 2.74. The third kappa shape index (κ3) is 21.2. The van der Waals surface area contributed by atoms with Crippen LogP contribution < -0.4 is 11.5 Å². The summed E-state index contributed by atoms with van der Waals surface area (Å²) in [5.41, 5.74) is 0. The van der Waals surface area contributed by atoms with Gasteiger partial charge in [-0.3, -0.25) is 9.59 Å². The molecular formula is C16H34N2O4. The Kier molecular flexibility index (Phi) is 18.8. The summed E-state index contributed by atoms with van der Waals surface area (Å²) in [5.74, 6) is -1.48. The van der Waals surface area contributed by atoms with Crippen molar-refractivity contribution in [2.75, 3.05) is 13.1 Å². The summed E-state index contributed by atoms with van der Waals surface area (Å²) in [4.78, 5) is 20.3. The third-order valence-corrected chi connectivity index (χ3v) is 3.49. The average molecular weight is 318 g/mol. The molecule has 0 aromatic carbocycles. The molecule has 0 spiro atoms. The monoisotopic (exact) mass is 318 g/mol. The fourth-order valence-corrected chi connectivity index (χ4v) is 2.24. The van der Waals surface area contributed by atoms with Gasteiger partial charge in [-0.1, -0.05) is 38.5 Å². The maximum atomic E-state index is 10.1. The van der Waals surface area contributed by atoms with Crippen LogP contribution in [0.2, 0.25) is 0 Å². The first-order valence-electron chi connectivity index (χ1n) is 8.27. The number of unbranched alkanes of at least 4 members (excludes halogenated alkanes) is 5. The second-order valence-corrected chi connectivity index (χ2v) is 5.57. The van der Waals surface area contributed by atoms with Gasteiger partial charge in [0.2, 0.25) is 0 Å². The van der Waals surface area contributed by atoms with Gasteiger partial charge in [0.15, 0.2) is 0 Å². The number of carbonyl (C=O) groups is 2. The highest BCUT2D eigenvalue weighted by atomic mass is 16.4. The third-order valence-electron chi connectivity index (χ3n) is 3.49. The largest absolute Gasteiger partial charge is 0.481 e. The summed E-state index contributed by atoms with van der Waals surface area (Å²) >= 11 is 0. The quantitative estimate of drug-likeness (QED) is 0.482. The van der Waals surface area contributed by atoms with Crippen molar-refractivity contribution in [3.8, 4) is 0 Å². The fraction of sp³-hybridized carbons (Fsp3) is 0.875. The highest BCUT2D eigenvalue weighted by molar-refractivity contribution is 5.66. The molecule has 1 rings (SSSR count). The van der Waals surface area contributed by atoms with E-state index in [-0.39, 0.29) is 19.0 Å². The molecule has 0 aromatic rings. The molecule has 1 fully saturated rings. The number of rotatable bonds is 9. The molecule has 1 heterocycles. The van der Waals surface area contributed by atoms with Crippen molar-refractivity contribution in [2.45, 2.75) is 77.0 Å². The Balaban J connectivity index is 0. The Morgan fingerprint density at radius 1 is 0.682 bits per heavy atom. The van der Waals surface area contributed by atoms with Crippen LogP contribution in [0.25, 0.3) is 0 Å². The lowest BCUT2D eigenvalue weighted by Gasteiger charge is -1.98. The molecule has 1 aliphatic heterocycles. The first-order valence-corrected chi connectivity index (χ1v) is 8.27. The van der Waals surface area contributed by atoms with E-state index in [1.54, 1.807) is 0 Å². The van der Waals surface area contributed by atoms with E-state index in [1.165, 1.54) is 38.8 Å². The molecule has 0 aliphatic carbocycles. The lowest BCUT2D eigenvalue weighted by Crippen LogP contribution is -2.12. The summed E-state index contributed by atoms with van der Waals surface area (Å²) in [7, 11) is 0. The molecular weight excluding hydrogens is 284 g/mol. The van der Waals surface area contributed by atoms with Crippen molar-refractivity contribution in [1.29, 1.82) is 0 Å². The molecule has 22 heavy (non-hydrogen) atoms. The molecule has 0 unspecified atom stereocenters. The zero-order valence-corrected chi connectivity index (χ0v) is 13.8. The zero-order chi connectivity index (χ0) is 15.8. The number of carboxylic acids is 2. The summed E-state index contributed by atoms with van der Waals surface area (Å²) in [6.45, 7) is 2.50. The van der Waals surface area contributed by atoms with Crippen LogP contribution in [0.4, 0.5) is 0 Å². The molecule has 0 bridgehead atoms. The Morgan fingerprint density at radius 3 is 1.41 bits per heavy atom. The van der Waals surface area contributed by atoms with Crippen LogP contribution >= 0.6 is 0 Å². The predicted molar refractivity (Wildman–Crippen MR) is 88.6 cm³/mol. The summed E-state index contributed by atoms with van der Waals surface area (Å²) in [5, 5.41) is 20.0. The normalized spacial score (nSPS) is 14.0. The van der Waals surface area contributed by atoms with E-state index in [1.807, 2.05) is 0 Å². The van der Waals surface area contributed by atoms with Gasteiger partial charge in [0.25, 0.3) is 0 Å². The maximum Gasteiger partial charge on any atom is 0.303 e. The minimum Gasteiger partial charge on any atom is -0.481 e. The van der Waals surface area contributed by atoms with Crippen molar-refractivity contribution in [1.82, 2.24) is 11.5 Å². The van der Waals surface area contributed by atoms with Crippen LogP contribution in [0.3, 0.4) is 0 Å². The number of carboxylic acid groups (broad SMARTS) is 2. The van der Waals surface area contributed by atoms with Crippen LogP contribution in [0.15, 0.2) is 0 Å². The fourth-order valence-electron chi connectivity index (χ4n) is 2.24. The Morgan fingerprint density at radius 2 is 1.05 bits per heavy atom. The van der Waals surface area contributed by atoms with Gasteiger partial charge in [0, 0.05) is 12.8 Å². The number of nitrogens with one attached hydrogen (secondary N) is 1. The number of hydrogen-bond donors (Lipinski definition) is 4. The topological polar surface area (TPSA) is 122 Å². The van der Waals surface area contributed by atoms with Gasteiger partial charge in [-0.15, -0.1) is 0 Å². The molecule has 0 atom stereocenters. The first-order chi connectivity index (χ1) is 10.1. The molecule has 132 valence electrons. The van der Waals surface area contributed by atoms with E-state index in [9.17, 15) is 9.59 Å². The molecule has 0 amide bonds. The number of aliphatic carboxylic acids is 2. The minimum atomic E-state index is -0.740. The Hall–Kier alpha value is -1.14. The van der Waals surface area contributed by atoms with Crippen molar-refractivity contribution >= 4 is 11.9 Å². The van der Waals surface area contributed by atoms with Crippen LogP contribution in [-0.4, -0.2) is 35.2 Å². The van der Waals surface area contributed by atoms with Gasteiger partial charge >= 0.3 is 11.9 Å². The standard InChI is InChI=1S/C10H18O4.C6H13N.H3N/c11-9(12)7-5-3-1-2-4-6-8-10(13)14;1-2-4-6-7-5-3-1;/h1-8H2,(H,11,12)(H,13,14);7H,1-6H2;1H3. The van der Waals surface area contributed by atoms with E-state index >= 15 is 0 Å². The highest BCUT2D eigenvalue weighted by Crippen LogP contribution is 2.08. The van der Waals surface area contributed by atoms with E-state index in [4.69, 9.17) is 10.2 Å². The molecule has 0 aromatic heterocycles. The maximum absolute atomic E-state index is 10.1. The molecule has 0 radical (unpaired) electrons. The van der Waals surface area contributed by atoms with Gasteiger partial charge in [-0.2, -0.15) is 0 Å². The molecule has 0 saturated carbocycles. The molecule has 6 N–H and O–H groups in total. The Labute approximate surface area is 134 Å². The molecule has 1 aliphatic rings. The van der Waals surface area contributed by atoms with Crippen molar-refractivity contribution < 1.29 is 19.8 Å². The van der Waals surface area contributed by atoms with Crippen LogP contribution in [0, 0.1) is 0 Å². The first kappa shape index (κ1) is 23.1. The van der Waals surface area contributed by atoms with Crippen LogP contribution in [-0.2, 0) is 9.59 Å². The molecule has 6 heteroatoms. The minimum absolute atomic E-state index is 0. The number of hydrogen-bond acceptors (Lipinski definition) is 4. The Bertz CT molecular complexity index is 233. The second kappa shape index (κ2) is 17.9. The van der Waals surface area contributed by atoms with E-state index < -0.39 is 11.9 Å². The van der Waals surface area contributed by atoms with E-state index in [0.29, 0.717) is 0 Å². The van der Waals surface area contributed by atoms with Crippen molar-refractivity contribution in [3.63, 3.8) is 0 Å². The molecule has 6 nitrogen and oxygen atoms in total. The van der Waals surface area contributed by atoms with E-state index in [0.717, 1.165) is 38.5 Å². The summed E-state index contributed by atoms with van der Waals surface area (Å²) in [6.07, 6.45) is 11.5. The lowest BCUT2D eigenvalue weighted by atomic mass is 10.1. The smallest absolute Gasteiger partial charge is 0.303 e. The van der Waals surface area contributed by atoms with Gasteiger partial charge in [0.05, 0.1) is 0 Å². The predicted octanol–water partition coefficient (Wildman–Crippen LogP) is 3.59. The lowest BCUT2D eigenvalue weighted by molar-refractivity contribution is -0.138. The SMILES string of the molecule is C1CCCNCC1.N.O=C(O)CCCCCCCCC(=O)O. The van der Waals surface area contributed by atoms with Crippen LogP contribution in [0.1, 0.15) is 77.0 Å². The molecule has 1 saturated heterocycles. The summed E-state index contributed by atoms with van der Waals surface area (Å²) < 4.78 is 0. The van der Waals surface area contributed by atoms with Crippen molar-refractivity contribution in [3.05, 3.63) is 0 Å². The van der Waals surface area contributed by atoms with Gasteiger partial charge in [-0.05, 0) is 38.8 Å². The van der Waals surface area contributed by atoms with Crippen LogP contribution in [0.5, 0.6) is 0 Å².